The van der Waals surface area contributed by atoms with Crippen molar-refractivity contribution in [1.29, 1.82) is 0 Å². The molecule has 0 bridgehead atoms. The summed E-state index contributed by atoms with van der Waals surface area (Å²) in [6, 6.07) is 3.73. The van der Waals surface area contributed by atoms with E-state index in [-0.39, 0.29) is 17.5 Å². The van der Waals surface area contributed by atoms with Gasteiger partial charge in [-0.3, -0.25) is 18.9 Å². The Labute approximate surface area is 178 Å². The van der Waals surface area contributed by atoms with Gasteiger partial charge in [-0.2, -0.15) is 0 Å². The van der Waals surface area contributed by atoms with Gasteiger partial charge >= 0.3 is 0 Å². The molecule has 0 saturated carbocycles. The Hall–Kier alpha value is -2.23. The van der Waals surface area contributed by atoms with Crippen molar-refractivity contribution in [3.05, 3.63) is 44.7 Å². The number of nitrogens with zero attached hydrogens (tertiary/aromatic N) is 4. The Morgan fingerprint density at radius 1 is 1.24 bits per heavy atom. The molecule has 9 heteroatoms. The van der Waals surface area contributed by atoms with E-state index in [1.807, 2.05) is 37.8 Å². The molecule has 0 spiro atoms. The van der Waals surface area contributed by atoms with Gasteiger partial charge in [0.2, 0.25) is 0 Å². The van der Waals surface area contributed by atoms with Gasteiger partial charge < -0.3 is 9.64 Å². The van der Waals surface area contributed by atoms with Crippen LogP contribution in [0.25, 0.3) is 11.7 Å². The third-order valence-electron chi connectivity index (χ3n) is 4.91. The molecule has 2 aromatic heterocycles. The van der Waals surface area contributed by atoms with Crippen molar-refractivity contribution in [2.75, 3.05) is 31.2 Å². The number of anilines is 1. The second-order valence-corrected chi connectivity index (χ2v) is 9.01. The summed E-state index contributed by atoms with van der Waals surface area (Å²) in [5.41, 5.74) is 1.74. The lowest BCUT2D eigenvalue weighted by Gasteiger charge is -2.29. The van der Waals surface area contributed by atoms with Crippen molar-refractivity contribution in [2.24, 2.45) is 0 Å². The van der Waals surface area contributed by atoms with Crippen LogP contribution in [0.1, 0.15) is 25.0 Å². The molecule has 0 unspecified atom stereocenters. The first-order valence-corrected chi connectivity index (χ1v) is 10.7. The van der Waals surface area contributed by atoms with E-state index in [0.717, 1.165) is 5.56 Å². The zero-order valence-corrected chi connectivity index (χ0v) is 18.2. The molecule has 2 fully saturated rings. The number of pyridine rings is 1. The molecule has 4 heterocycles. The van der Waals surface area contributed by atoms with Gasteiger partial charge in [-0.05, 0) is 38.5 Å². The molecule has 2 aromatic rings. The summed E-state index contributed by atoms with van der Waals surface area (Å²) in [4.78, 5) is 35.1. The second-order valence-electron chi connectivity index (χ2n) is 7.33. The van der Waals surface area contributed by atoms with Crippen LogP contribution in [0.4, 0.5) is 5.82 Å². The fraction of sp³-hybridized carbons (Fsp3) is 0.400. The molecule has 4 rings (SSSR count). The number of carbonyl (C=O) groups excluding carboxylic acids is 1. The number of amides is 1. The van der Waals surface area contributed by atoms with Crippen LogP contribution in [0.15, 0.2) is 28.0 Å². The number of hydrogen-bond donors (Lipinski definition) is 0. The Balaban J connectivity index is 1.90. The SMILES string of the molecule is Cc1ccc2nc(N3CCOCC3)c(/C=C3\SC(=S)N(C(C)C)C3=O)c(=O)n2c1. The van der Waals surface area contributed by atoms with Crippen LogP contribution in [0.5, 0.6) is 0 Å². The number of thioether (sulfide) groups is 1. The number of aromatic nitrogens is 2. The van der Waals surface area contributed by atoms with Gasteiger partial charge in [0, 0.05) is 25.3 Å². The maximum atomic E-state index is 13.4. The van der Waals surface area contributed by atoms with E-state index < -0.39 is 0 Å². The molecule has 0 aliphatic carbocycles. The topological polar surface area (TPSA) is 67.2 Å². The van der Waals surface area contributed by atoms with Gasteiger partial charge in [0.15, 0.2) is 0 Å². The van der Waals surface area contributed by atoms with Gasteiger partial charge in [-0.15, -0.1) is 0 Å². The van der Waals surface area contributed by atoms with E-state index in [0.29, 0.717) is 52.6 Å². The smallest absolute Gasteiger partial charge is 0.267 e. The fourth-order valence-electron chi connectivity index (χ4n) is 3.45. The van der Waals surface area contributed by atoms with Gasteiger partial charge in [0.1, 0.15) is 15.8 Å². The maximum absolute atomic E-state index is 13.4. The summed E-state index contributed by atoms with van der Waals surface area (Å²) in [6.07, 6.45) is 3.42. The first-order valence-electron chi connectivity index (χ1n) is 9.49. The molecule has 2 aliphatic heterocycles. The van der Waals surface area contributed by atoms with Crippen molar-refractivity contribution in [1.82, 2.24) is 14.3 Å². The highest BCUT2D eigenvalue weighted by atomic mass is 32.2. The van der Waals surface area contributed by atoms with Crippen LogP contribution in [0.3, 0.4) is 0 Å². The molecule has 2 saturated heterocycles. The molecule has 0 aromatic carbocycles. The van der Waals surface area contributed by atoms with E-state index in [9.17, 15) is 9.59 Å². The van der Waals surface area contributed by atoms with E-state index in [2.05, 4.69) is 0 Å². The predicted octanol–water partition coefficient (Wildman–Crippen LogP) is 2.45. The summed E-state index contributed by atoms with van der Waals surface area (Å²) < 4.78 is 7.49. The lowest BCUT2D eigenvalue weighted by molar-refractivity contribution is -0.123. The third-order valence-corrected chi connectivity index (χ3v) is 6.24. The molecule has 7 nitrogen and oxygen atoms in total. The number of hydrogen-bond acceptors (Lipinski definition) is 7. The normalized spacial score (nSPS) is 19.2. The zero-order valence-electron chi connectivity index (χ0n) is 16.5. The maximum Gasteiger partial charge on any atom is 0.267 e. The van der Waals surface area contributed by atoms with Gasteiger partial charge in [-0.25, -0.2) is 4.98 Å². The monoisotopic (exact) mass is 430 g/mol. The Morgan fingerprint density at radius 2 is 1.97 bits per heavy atom. The number of carbonyl (C=O) groups is 1. The van der Waals surface area contributed by atoms with Crippen LogP contribution < -0.4 is 10.5 Å². The first-order chi connectivity index (χ1) is 13.9. The molecule has 0 atom stereocenters. The molecule has 29 heavy (non-hydrogen) atoms. The summed E-state index contributed by atoms with van der Waals surface area (Å²) in [5, 5.41) is 0. The summed E-state index contributed by atoms with van der Waals surface area (Å²) in [7, 11) is 0. The van der Waals surface area contributed by atoms with E-state index in [1.165, 1.54) is 16.2 Å². The van der Waals surface area contributed by atoms with Crippen LogP contribution >= 0.6 is 24.0 Å². The first kappa shape index (κ1) is 20.1. The number of rotatable bonds is 3. The molecule has 0 N–H and O–H groups in total. The zero-order chi connectivity index (χ0) is 20.7. The second kappa shape index (κ2) is 7.89. The van der Waals surface area contributed by atoms with Crippen LogP contribution in [0, 0.1) is 6.92 Å². The highest BCUT2D eigenvalue weighted by Crippen LogP contribution is 2.34. The van der Waals surface area contributed by atoms with Crippen molar-refractivity contribution >= 4 is 51.7 Å². The molecule has 2 aliphatic rings. The Morgan fingerprint density at radius 3 is 2.62 bits per heavy atom. The molecule has 1 amide bonds. The average molecular weight is 431 g/mol. The van der Waals surface area contributed by atoms with E-state index >= 15 is 0 Å². The highest BCUT2D eigenvalue weighted by Gasteiger charge is 2.34. The largest absolute Gasteiger partial charge is 0.378 e. The number of fused-ring (bicyclic) bond motifs is 1. The predicted molar refractivity (Wildman–Crippen MR) is 119 cm³/mol. The quantitative estimate of drug-likeness (QED) is 0.547. The van der Waals surface area contributed by atoms with Gasteiger partial charge in [-0.1, -0.05) is 30.0 Å². The standard InChI is InChI=1S/C20H22N4O3S2/c1-12(2)24-19(26)15(29-20(24)28)10-14-17(22-6-8-27-9-7-22)21-16-5-4-13(3)11-23(16)18(14)25/h4-5,10-12H,6-9H2,1-3H3/b15-10-. The highest BCUT2D eigenvalue weighted by molar-refractivity contribution is 8.26. The number of ether oxygens (including phenoxy) is 1. The number of morpholine rings is 1. The van der Waals surface area contributed by atoms with Gasteiger partial charge in [0.05, 0.1) is 23.7 Å². The molecular formula is C20H22N4O3S2. The summed E-state index contributed by atoms with van der Waals surface area (Å²) in [6.45, 7) is 8.19. The lowest BCUT2D eigenvalue weighted by atomic mass is 10.2. The Bertz CT molecular complexity index is 1090. The van der Waals surface area contributed by atoms with E-state index in [4.69, 9.17) is 21.9 Å². The van der Waals surface area contributed by atoms with Crippen LogP contribution in [-0.4, -0.2) is 56.9 Å². The molecule has 0 radical (unpaired) electrons. The van der Waals surface area contributed by atoms with Gasteiger partial charge in [0.25, 0.3) is 11.5 Å². The minimum absolute atomic E-state index is 0.0365. The molecule has 152 valence electrons. The van der Waals surface area contributed by atoms with Crippen molar-refractivity contribution in [3.8, 4) is 0 Å². The minimum atomic E-state index is -0.199. The lowest BCUT2D eigenvalue weighted by Crippen LogP contribution is -2.38. The molecular weight excluding hydrogens is 408 g/mol. The average Bonchev–Trinajstić information content (AvgIpc) is 2.98. The summed E-state index contributed by atoms with van der Waals surface area (Å²) >= 11 is 6.60. The van der Waals surface area contributed by atoms with Crippen molar-refractivity contribution < 1.29 is 9.53 Å². The fourth-order valence-corrected chi connectivity index (χ4v) is 4.95. The van der Waals surface area contributed by atoms with Crippen molar-refractivity contribution in [3.63, 3.8) is 0 Å². The Kier molecular flexibility index (Phi) is 5.46. The minimum Gasteiger partial charge on any atom is -0.378 e. The van der Waals surface area contributed by atoms with Crippen LogP contribution in [-0.2, 0) is 9.53 Å². The van der Waals surface area contributed by atoms with Crippen molar-refractivity contribution in [2.45, 2.75) is 26.8 Å². The third kappa shape index (κ3) is 3.70. The summed E-state index contributed by atoms with van der Waals surface area (Å²) in [5.74, 6) is 0.411. The number of aryl methyl sites for hydroxylation is 1. The number of thiocarbonyl (C=S) groups is 1. The van der Waals surface area contributed by atoms with E-state index in [1.54, 1.807) is 17.2 Å². The van der Waals surface area contributed by atoms with Crippen LogP contribution in [0.2, 0.25) is 0 Å².